The number of hydrogen-bond acceptors (Lipinski definition) is 2. The van der Waals surface area contributed by atoms with Gasteiger partial charge in [-0.25, -0.2) is 0 Å². The second kappa shape index (κ2) is 8.19. The van der Waals surface area contributed by atoms with Crippen molar-refractivity contribution in [2.24, 2.45) is 0 Å². The van der Waals surface area contributed by atoms with Crippen molar-refractivity contribution in [2.75, 3.05) is 4.90 Å². The molecule has 0 spiro atoms. The summed E-state index contributed by atoms with van der Waals surface area (Å²) in [5.41, 5.74) is 5.73. The quantitative estimate of drug-likeness (QED) is 0.525. The molecule has 1 amide bonds. The van der Waals surface area contributed by atoms with E-state index in [0.29, 0.717) is 6.54 Å². The van der Waals surface area contributed by atoms with Crippen LogP contribution in [-0.2, 0) is 11.3 Å². The fourth-order valence-electron chi connectivity index (χ4n) is 4.77. The lowest BCUT2D eigenvalue weighted by molar-refractivity contribution is -0.127. The topological polar surface area (TPSA) is 23.6 Å². The van der Waals surface area contributed by atoms with E-state index < -0.39 is 0 Å². The Morgan fingerprint density at radius 2 is 1.27 bits per heavy atom. The smallest absolute Gasteiger partial charge is 0.252 e. The summed E-state index contributed by atoms with van der Waals surface area (Å²) >= 11 is 0. The number of anilines is 2. The van der Waals surface area contributed by atoms with Gasteiger partial charge in [-0.3, -0.25) is 4.79 Å². The molecule has 0 aromatic heterocycles. The van der Waals surface area contributed by atoms with Gasteiger partial charge in [0.15, 0.2) is 0 Å². The molecule has 3 aromatic carbocycles. The zero-order valence-corrected chi connectivity index (χ0v) is 17.1. The molecule has 1 aliphatic carbocycles. The molecular weight excluding hydrogens is 368 g/mol. The summed E-state index contributed by atoms with van der Waals surface area (Å²) in [6.45, 7) is 0.619. The van der Waals surface area contributed by atoms with Gasteiger partial charge in [-0.05, 0) is 61.1 Å². The molecule has 1 aliphatic heterocycles. The van der Waals surface area contributed by atoms with Crippen molar-refractivity contribution in [1.29, 1.82) is 0 Å². The van der Waals surface area contributed by atoms with E-state index in [2.05, 4.69) is 70.5 Å². The van der Waals surface area contributed by atoms with Crippen LogP contribution < -0.4 is 4.90 Å². The maximum atomic E-state index is 13.6. The van der Waals surface area contributed by atoms with Crippen molar-refractivity contribution in [3.8, 4) is 0 Å². The molecule has 1 atom stereocenters. The third kappa shape index (κ3) is 3.41. The van der Waals surface area contributed by atoms with Crippen molar-refractivity contribution in [2.45, 2.75) is 38.4 Å². The first-order chi connectivity index (χ1) is 14.8. The number of carbonyl (C=O) groups is 1. The molecule has 3 heteroatoms. The highest BCUT2D eigenvalue weighted by molar-refractivity contribution is 5.99. The highest BCUT2D eigenvalue weighted by atomic mass is 16.2. The number of para-hydroxylation sites is 2. The second-order valence-electron chi connectivity index (χ2n) is 8.04. The Kier molecular flexibility index (Phi) is 5.10. The van der Waals surface area contributed by atoms with Crippen molar-refractivity contribution in [3.63, 3.8) is 0 Å². The van der Waals surface area contributed by atoms with Gasteiger partial charge in [-0.1, -0.05) is 66.7 Å². The van der Waals surface area contributed by atoms with Gasteiger partial charge in [0.2, 0.25) is 0 Å². The summed E-state index contributed by atoms with van der Waals surface area (Å²) in [5.74, 6) is 0.204. The standard InChI is InChI=1S/C27H26N2O/c30-27-25-19-11-10-18-24(25)26(28(27)20-21-12-4-1-5-13-21)29(22-14-6-2-7-15-22)23-16-8-3-9-17-23/h1-9,12-17,26H,10-11,18-20H2/t26-/m1/s1. The van der Waals surface area contributed by atoms with Gasteiger partial charge in [-0.2, -0.15) is 0 Å². The summed E-state index contributed by atoms with van der Waals surface area (Å²) in [6, 6.07) is 31.2. The van der Waals surface area contributed by atoms with Gasteiger partial charge in [-0.15, -0.1) is 0 Å². The van der Waals surface area contributed by atoms with Crippen molar-refractivity contribution < 1.29 is 4.79 Å². The van der Waals surface area contributed by atoms with Crippen LogP contribution in [0.2, 0.25) is 0 Å². The SMILES string of the molecule is O=C1C2=C(CCCC2)[C@@H](N(c2ccccc2)c2ccccc2)N1Cc1ccccc1. The third-order valence-corrected chi connectivity index (χ3v) is 6.15. The Labute approximate surface area is 178 Å². The van der Waals surface area contributed by atoms with Gasteiger partial charge in [0, 0.05) is 23.5 Å². The summed E-state index contributed by atoms with van der Waals surface area (Å²) in [7, 11) is 0. The van der Waals surface area contributed by atoms with Crippen LogP contribution in [0.4, 0.5) is 11.4 Å². The first-order valence-corrected chi connectivity index (χ1v) is 10.8. The molecule has 0 unspecified atom stereocenters. The maximum Gasteiger partial charge on any atom is 0.252 e. The largest absolute Gasteiger partial charge is 0.317 e. The van der Waals surface area contributed by atoms with Crippen LogP contribution >= 0.6 is 0 Å². The zero-order chi connectivity index (χ0) is 20.3. The predicted molar refractivity (Wildman–Crippen MR) is 121 cm³/mol. The van der Waals surface area contributed by atoms with E-state index in [1.807, 2.05) is 30.3 Å². The van der Waals surface area contributed by atoms with Crippen LogP contribution in [0.15, 0.2) is 102 Å². The second-order valence-corrected chi connectivity index (χ2v) is 8.04. The molecular formula is C27H26N2O. The van der Waals surface area contributed by atoms with Crippen LogP contribution in [-0.4, -0.2) is 17.0 Å². The van der Waals surface area contributed by atoms with E-state index >= 15 is 0 Å². The van der Waals surface area contributed by atoms with E-state index in [1.54, 1.807) is 0 Å². The number of rotatable bonds is 5. The van der Waals surface area contributed by atoms with Crippen LogP contribution in [0, 0.1) is 0 Å². The maximum absolute atomic E-state index is 13.6. The first kappa shape index (κ1) is 18.7. The van der Waals surface area contributed by atoms with Crippen molar-refractivity contribution in [1.82, 2.24) is 4.90 Å². The average molecular weight is 395 g/mol. The summed E-state index contributed by atoms with van der Waals surface area (Å²) < 4.78 is 0. The van der Waals surface area contributed by atoms with Gasteiger partial charge in [0.25, 0.3) is 5.91 Å². The monoisotopic (exact) mass is 394 g/mol. The predicted octanol–water partition coefficient (Wildman–Crippen LogP) is 6.06. The minimum absolute atomic E-state index is 0.0854. The number of nitrogens with zero attached hydrogens (tertiary/aromatic N) is 2. The Morgan fingerprint density at radius 3 is 1.87 bits per heavy atom. The lowest BCUT2D eigenvalue weighted by Crippen LogP contribution is -2.45. The van der Waals surface area contributed by atoms with Gasteiger partial charge in [0.1, 0.15) is 6.17 Å². The number of hydrogen-bond donors (Lipinski definition) is 0. The first-order valence-electron chi connectivity index (χ1n) is 10.8. The highest BCUT2D eigenvalue weighted by Crippen LogP contribution is 2.42. The van der Waals surface area contributed by atoms with Gasteiger partial charge < -0.3 is 9.80 Å². The minimum atomic E-state index is -0.0854. The lowest BCUT2D eigenvalue weighted by Gasteiger charge is -2.39. The number of carbonyl (C=O) groups excluding carboxylic acids is 1. The molecule has 5 rings (SSSR count). The normalized spacial score (nSPS) is 18.5. The Morgan fingerprint density at radius 1 is 0.733 bits per heavy atom. The Hall–Kier alpha value is -3.33. The minimum Gasteiger partial charge on any atom is -0.317 e. The molecule has 0 saturated heterocycles. The molecule has 0 radical (unpaired) electrons. The summed E-state index contributed by atoms with van der Waals surface area (Å²) in [5, 5.41) is 0. The molecule has 3 nitrogen and oxygen atoms in total. The molecule has 0 bridgehead atoms. The van der Waals surface area contributed by atoms with E-state index in [9.17, 15) is 4.79 Å². The fraction of sp³-hybridized carbons (Fsp3) is 0.222. The van der Waals surface area contributed by atoms with E-state index in [4.69, 9.17) is 0 Å². The van der Waals surface area contributed by atoms with Crippen LogP contribution in [0.5, 0.6) is 0 Å². The molecule has 30 heavy (non-hydrogen) atoms. The number of amides is 1. The molecule has 150 valence electrons. The highest BCUT2D eigenvalue weighted by Gasteiger charge is 2.43. The van der Waals surface area contributed by atoms with Gasteiger partial charge >= 0.3 is 0 Å². The molecule has 1 heterocycles. The zero-order valence-electron chi connectivity index (χ0n) is 17.1. The molecule has 3 aromatic rings. The van der Waals surface area contributed by atoms with Crippen LogP contribution in [0.3, 0.4) is 0 Å². The summed E-state index contributed by atoms with van der Waals surface area (Å²) in [6.07, 6.45) is 4.06. The lowest BCUT2D eigenvalue weighted by atomic mass is 9.92. The van der Waals surface area contributed by atoms with E-state index in [1.165, 1.54) is 5.57 Å². The van der Waals surface area contributed by atoms with Gasteiger partial charge in [0.05, 0.1) is 0 Å². The van der Waals surface area contributed by atoms with E-state index in [0.717, 1.165) is 48.2 Å². The van der Waals surface area contributed by atoms with Crippen molar-refractivity contribution >= 4 is 17.3 Å². The molecule has 0 saturated carbocycles. The molecule has 0 N–H and O–H groups in total. The molecule has 0 fully saturated rings. The average Bonchev–Trinajstić information content (AvgIpc) is 3.08. The number of benzene rings is 3. The van der Waals surface area contributed by atoms with Crippen LogP contribution in [0.1, 0.15) is 31.2 Å². The Bertz CT molecular complexity index is 1000. The van der Waals surface area contributed by atoms with Crippen LogP contribution in [0.25, 0.3) is 0 Å². The fourth-order valence-corrected chi connectivity index (χ4v) is 4.77. The third-order valence-electron chi connectivity index (χ3n) is 6.15. The van der Waals surface area contributed by atoms with E-state index in [-0.39, 0.29) is 12.1 Å². The Balaban J connectivity index is 1.63. The summed E-state index contributed by atoms with van der Waals surface area (Å²) in [4.78, 5) is 18.0. The van der Waals surface area contributed by atoms with Crippen molar-refractivity contribution in [3.05, 3.63) is 108 Å². The molecule has 2 aliphatic rings.